The van der Waals surface area contributed by atoms with Gasteiger partial charge in [-0.3, -0.25) is 14.4 Å². The van der Waals surface area contributed by atoms with E-state index in [4.69, 9.17) is 0 Å². The molecule has 3 rings (SSSR count). The van der Waals surface area contributed by atoms with E-state index >= 15 is 0 Å². The zero-order valence-electron chi connectivity index (χ0n) is 18.9. The first kappa shape index (κ1) is 23.3. The van der Waals surface area contributed by atoms with Gasteiger partial charge in [0, 0.05) is 48.7 Å². The number of hydrogen-bond donors (Lipinski definition) is 2. The van der Waals surface area contributed by atoms with Gasteiger partial charge in [-0.25, -0.2) is 0 Å². The molecule has 0 spiro atoms. The smallest absolute Gasteiger partial charge is 0.253 e. The summed E-state index contributed by atoms with van der Waals surface area (Å²) in [5.74, 6) is -0.253. The highest BCUT2D eigenvalue weighted by Crippen LogP contribution is 2.17. The van der Waals surface area contributed by atoms with Gasteiger partial charge in [0.1, 0.15) is 0 Å². The second-order valence-electron chi connectivity index (χ2n) is 7.89. The van der Waals surface area contributed by atoms with Crippen LogP contribution in [0.15, 0.2) is 48.5 Å². The summed E-state index contributed by atoms with van der Waals surface area (Å²) in [6.45, 7) is 6.80. The molecule has 170 valence electrons. The summed E-state index contributed by atoms with van der Waals surface area (Å²) >= 11 is 0. The average Bonchev–Trinajstić information content (AvgIpc) is 2.84. The molecular weight excluding hydrogens is 404 g/mol. The number of amides is 3. The number of rotatable bonds is 8. The molecule has 0 radical (unpaired) electrons. The third-order valence-corrected chi connectivity index (χ3v) is 5.65. The van der Waals surface area contributed by atoms with Gasteiger partial charge in [0.15, 0.2) is 0 Å². The summed E-state index contributed by atoms with van der Waals surface area (Å²) in [4.78, 5) is 41.3. The molecule has 2 N–H and O–H groups in total. The van der Waals surface area contributed by atoms with Crippen molar-refractivity contribution in [3.8, 4) is 0 Å². The molecule has 0 aromatic heterocycles. The van der Waals surface area contributed by atoms with E-state index < -0.39 is 0 Å². The van der Waals surface area contributed by atoms with E-state index in [0.717, 1.165) is 25.9 Å². The van der Waals surface area contributed by atoms with Gasteiger partial charge in [-0.2, -0.15) is 0 Å². The summed E-state index contributed by atoms with van der Waals surface area (Å²) in [6.07, 6.45) is 3.27. The van der Waals surface area contributed by atoms with E-state index in [-0.39, 0.29) is 24.3 Å². The molecule has 1 aliphatic rings. The van der Waals surface area contributed by atoms with Crippen LogP contribution >= 0.6 is 0 Å². The minimum atomic E-state index is -0.231. The predicted octanol–water partition coefficient (Wildman–Crippen LogP) is 3.85. The van der Waals surface area contributed by atoms with E-state index in [2.05, 4.69) is 10.6 Å². The third-order valence-electron chi connectivity index (χ3n) is 5.65. The van der Waals surface area contributed by atoms with Gasteiger partial charge >= 0.3 is 0 Å². The van der Waals surface area contributed by atoms with E-state index in [9.17, 15) is 14.4 Å². The highest BCUT2D eigenvalue weighted by molar-refractivity contribution is 5.98. The second-order valence-corrected chi connectivity index (χ2v) is 7.89. The van der Waals surface area contributed by atoms with Crippen molar-refractivity contribution in [2.24, 2.45) is 0 Å². The van der Waals surface area contributed by atoms with Crippen LogP contribution in [0, 0.1) is 0 Å². The fourth-order valence-corrected chi connectivity index (χ4v) is 3.85. The monoisotopic (exact) mass is 436 g/mol. The van der Waals surface area contributed by atoms with Crippen molar-refractivity contribution in [2.75, 3.05) is 43.4 Å². The predicted molar refractivity (Wildman–Crippen MR) is 127 cm³/mol. The van der Waals surface area contributed by atoms with Crippen molar-refractivity contribution >= 4 is 29.1 Å². The van der Waals surface area contributed by atoms with Crippen LogP contribution in [0.3, 0.4) is 0 Å². The number of likely N-dealkylation sites (tertiary alicyclic amines) is 1. The summed E-state index contributed by atoms with van der Waals surface area (Å²) in [7, 11) is 0. The van der Waals surface area contributed by atoms with Crippen LogP contribution in [0.1, 0.15) is 53.8 Å². The lowest BCUT2D eigenvalue weighted by Crippen LogP contribution is -2.35. The summed E-state index contributed by atoms with van der Waals surface area (Å²) in [5, 5.41) is 5.90. The molecular formula is C25H32N4O3. The van der Waals surface area contributed by atoms with Crippen molar-refractivity contribution in [3.05, 3.63) is 59.7 Å². The van der Waals surface area contributed by atoms with Crippen LogP contribution in [0.2, 0.25) is 0 Å². The SMILES string of the molecule is CCN(CC)C(=O)c1cccc(NC(=O)CNc2cccc(C(=O)N3CCCCC3)c2)c1. The van der Waals surface area contributed by atoms with Crippen LogP contribution in [0.5, 0.6) is 0 Å². The van der Waals surface area contributed by atoms with Gasteiger partial charge in [0.2, 0.25) is 5.91 Å². The van der Waals surface area contributed by atoms with Crippen LogP contribution in [0.4, 0.5) is 11.4 Å². The van der Waals surface area contributed by atoms with Crippen LogP contribution in [-0.4, -0.2) is 60.2 Å². The molecule has 0 unspecified atom stereocenters. The second kappa shape index (κ2) is 11.3. The minimum absolute atomic E-state index is 0.0347. The van der Waals surface area contributed by atoms with Gasteiger partial charge in [-0.15, -0.1) is 0 Å². The normalized spacial score (nSPS) is 13.4. The molecule has 1 aliphatic heterocycles. The lowest BCUT2D eigenvalue weighted by Gasteiger charge is -2.26. The Labute approximate surface area is 189 Å². The lowest BCUT2D eigenvalue weighted by atomic mass is 10.1. The van der Waals surface area contributed by atoms with Crippen molar-refractivity contribution in [1.82, 2.24) is 9.80 Å². The Hall–Kier alpha value is -3.35. The van der Waals surface area contributed by atoms with Gasteiger partial charge in [-0.1, -0.05) is 12.1 Å². The fourth-order valence-electron chi connectivity index (χ4n) is 3.85. The van der Waals surface area contributed by atoms with E-state index in [1.54, 1.807) is 41.3 Å². The number of carbonyl (C=O) groups is 3. The number of anilines is 2. The molecule has 1 saturated heterocycles. The molecule has 3 amide bonds. The van der Waals surface area contributed by atoms with Crippen molar-refractivity contribution in [2.45, 2.75) is 33.1 Å². The molecule has 0 bridgehead atoms. The van der Waals surface area contributed by atoms with Crippen molar-refractivity contribution < 1.29 is 14.4 Å². The first-order valence-corrected chi connectivity index (χ1v) is 11.3. The number of piperidine rings is 1. The number of hydrogen-bond acceptors (Lipinski definition) is 4. The van der Waals surface area contributed by atoms with Gasteiger partial charge in [-0.05, 0) is 69.5 Å². The molecule has 0 aliphatic carbocycles. The quantitative estimate of drug-likeness (QED) is 0.659. The molecule has 32 heavy (non-hydrogen) atoms. The molecule has 0 saturated carbocycles. The highest BCUT2D eigenvalue weighted by atomic mass is 16.2. The molecule has 1 fully saturated rings. The number of benzene rings is 2. The maximum atomic E-state index is 12.7. The van der Waals surface area contributed by atoms with Crippen LogP contribution < -0.4 is 10.6 Å². The summed E-state index contributed by atoms with van der Waals surface area (Å²) < 4.78 is 0. The maximum Gasteiger partial charge on any atom is 0.253 e. The Bertz CT molecular complexity index is 950. The fraction of sp³-hybridized carbons (Fsp3) is 0.400. The minimum Gasteiger partial charge on any atom is -0.376 e. The first-order chi connectivity index (χ1) is 15.5. The third kappa shape index (κ3) is 6.09. The lowest BCUT2D eigenvalue weighted by molar-refractivity contribution is -0.114. The first-order valence-electron chi connectivity index (χ1n) is 11.3. The Morgan fingerprint density at radius 1 is 0.875 bits per heavy atom. The van der Waals surface area contributed by atoms with Crippen molar-refractivity contribution in [1.29, 1.82) is 0 Å². The molecule has 2 aromatic rings. The summed E-state index contributed by atoms with van der Waals surface area (Å²) in [6, 6.07) is 14.2. The zero-order chi connectivity index (χ0) is 22.9. The van der Waals surface area contributed by atoms with E-state index in [1.807, 2.05) is 30.9 Å². The standard InChI is InChI=1S/C25H32N4O3/c1-3-28(4-2)24(31)20-11-9-13-22(17-20)27-23(30)18-26-21-12-8-10-19(16-21)25(32)29-14-6-5-7-15-29/h8-13,16-17,26H,3-7,14-15,18H2,1-2H3,(H,27,30). The molecule has 2 aromatic carbocycles. The average molecular weight is 437 g/mol. The summed E-state index contributed by atoms with van der Waals surface area (Å²) in [5.41, 5.74) is 2.46. The topological polar surface area (TPSA) is 81.8 Å². The Morgan fingerprint density at radius 3 is 2.19 bits per heavy atom. The van der Waals surface area contributed by atoms with Gasteiger partial charge < -0.3 is 20.4 Å². The molecule has 7 nitrogen and oxygen atoms in total. The Morgan fingerprint density at radius 2 is 1.50 bits per heavy atom. The van der Waals surface area contributed by atoms with Gasteiger partial charge in [0.25, 0.3) is 11.8 Å². The molecule has 7 heteroatoms. The Kier molecular flexibility index (Phi) is 8.25. The Balaban J connectivity index is 1.57. The van der Waals surface area contributed by atoms with E-state index in [1.165, 1.54) is 6.42 Å². The van der Waals surface area contributed by atoms with E-state index in [0.29, 0.717) is 35.6 Å². The zero-order valence-corrected chi connectivity index (χ0v) is 18.9. The maximum absolute atomic E-state index is 12.7. The van der Waals surface area contributed by atoms with Crippen LogP contribution in [0.25, 0.3) is 0 Å². The molecule has 1 heterocycles. The van der Waals surface area contributed by atoms with Crippen LogP contribution in [-0.2, 0) is 4.79 Å². The number of carbonyl (C=O) groups excluding carboxylic acids is 3. The van der Waals surface area contributed by atoms with Gasteiger partial charge in [0.05, 0.1) is 6.54 Å². The molecule has 0 atom stereocenters. The number of nitrogens with one attached hydrogen (secondary N) is 2. The highest BCUT2D eigenvalue weighted by Gasteiger charge is 2.18. The number of nitrogens with zero attached hydrogens (tertiary/aromatic N) is 2. The largest absolute Gasteiger partial charge is 0.376 e. The van der Waals surface area contributed by atoms with Crippen molar-refractivity contribution in [3.63, 3.8) is 0 Å².